The lowest BCUT2D eigenvalue weighted by Crippen LogP contribution is -2.40. The number of sulfonamides is 1. The minimum atomic E-state index is -3.78. The standard InChI is InChI=1S/C22H24N2O7S/c1-15-6-7-19(32(28,29)24-8-10-30-11-9-24)13-20(15)22(27)31-14-21(26)23-18-5-3-4-17(12-18)16(2)25/h3-7,12-13H,8-11,14H2,1-2H3,(H,23,26). The number of ether oxygens (including phenoxy) is 2. The summed E-state index contributed by atoms with van der Waals surface area (Å²) >= 11 is 0. The number of hydrogen-bond acceptors (Lipinski definition) is 7. The number of aryl methyl sites for hydroxylation is 1. The fourth-order valence-corrected chi connectivity index (χ4v) is 4.57. The molecule has 2 aromatic carbocycles. The molecule has 1 heterocycles. The highest BCUT2D eigenvalue weighted by molar-refractivity contribution is 7.89. The smallest absolute Gasteiger partial charge is 0.338 e. The summed E-state index contributed by atoms with van der Waals surface area (Å²) in [6.07, 6.45) is 0. The number of anilines is 1. The van der Waals surface area contributed by atoms with Crippen molar-refractivity contribution in [2.45, 2.75) is 18.7 Å². The third-order valence-corrected chi connectivity index (χ3v) is 6.82. The van der Waals surface area contributed by atoms with Gasteiger partial charge in [0.25, 0.3) is 5.91 Å². The first kappa shape index (κ1) is 23.6. The molecule has 0 aliphatic carbocycles. The fourth-order valence-electron chi connectivity index (χ4n) is 3.14. The van der Waals surface area contributed by atoms with Crippen molar-refractivity contribution in [1.82, 2.24) is 4.31 Å². The molecule has 1 amide bonds. The van der Waals surface area contributed by atoms with Gasteiger partial charge in [-0.1, -0.05) is 18.2 Å². The molecule has 1 aliphatic heterocycles. The maximum absolute atomic E-state index is 12.8. The van der Waals surface area contributed by atoms with Crippen molar-refractivity contribution < 1.29 is 32.3 Å². The van der Waals surface area contributed by atoms with Crippen LogP contribution >= 0.6 is 0 Å². The average molecular weight is 461 g/mol. The van der Waals surface area contributed by atoms with Gasteiger partial charge in [-0.3, -0.25) is 9.59 Å². The van der Waals surface area contributed by atoms with Crippen LogP contribution in [0.25, 0.3) is 0 Å². The van der Waals surface area contributed by atoms with Crippen molar-refractivity contribution in [3.05, 3.63) is 59.2 Å². The van der Waals surface area contributed by atoms with Crippen LogP contribution in [0.2, 0.25) is 0 Å². The average Bonchev–Trinajstić information content (AvgIpc) is 2.78. The van der Waals surface area contributed by atoms with Crippen LogP contribution in [0, 0.1) is 6.92 Å². The predicted octanol–water partition coefficient (Wildman–Crippen LogP) is 2.01. The van der Waals surface area contributed by atoms with E-state index in [0.29, 0.717) is 30.0 Å². The van der Waals surface area contributed by atoms with Crippen LogP contribution in [0.15, 0.2) is 47.4 Å². The Bertz CT molecular complexity index is 1140. The van der Waals surface area contributed by atoms with E-state index in [0.717, 1.165) is 0 Å². The summed E-state index contributed by atoms with van der Waals surface area (Å²) in [5.74, 6) is -1.54. The van der Waals surface area contributed by atoms with Crippen molar-refractivity contribution in [1.29, 1.82) is 0 Å². The van der Waals surface area contributed by atoms with Gasteiger partial charge in [-0.05, 0) is 43.7 Å². The quantitative estimate of drug-likeness (QED) is 0.496. The molecule has 0 radical (unpaired) electrons. The predicted molar refractivity (Wildman–Crippen MR) is 116 cm³/mol. The summed E-state index contributed by atoms with van der Waals surface area (Å²) in [6, 6.07) is 10.6. The van der Waals surface area contributed by atoms with Crippen molar-refractivity contribution in [2.24, 2.45) is 0 Å². The molecule has 1 saturated heterocycles. The van der Waals surface area contributed by atoms with Gasteiger partial charge in [0.1, 0.15) is 0 Å². The summed E-state index contributed by atoms with van der Waals surface area (Å²) < 4.78 is 37.3. The normalized spacial score (nSPS) is 14.6. The van der Waals surface area contributed by atoms with Crippen LogP contribution in [0.4, 0.5) is 5.69 Å². The van der Waals surface area contributed by atoms with Crippen molar-refractivity contribution in [2.75, 3.05) is 38.2 Å². The molecular formula is C22H24N2O7S. The number of nitrogens with one attached hydrogen (secondary N) is 1. The number of morpholine rings is 1. The first-order valence-corrected chi connectivity index (χ1v) is 11.4. The molecule has 1 N–H and O–H groups in total. The van der Waals surface area contributed by atoms with Crippen molar-refractivity contribution >= 4 is 33.4 Å². The third-order valence-electron chi connectivity index (χ3n) is 4.92. The minimum absolute atomic E-state index is 0.0255. The number of carbonyl (C=O) groups is 3. The second-order valence-electron chi connectivity index (χ2n) is 7.25. The first-order valence-electron chi connectivity index (χ1n) is 9.95. The van der Waals surface area contributed by atoms with Crippen molar-refractivity contribution in [3.63, 3.8) is 0 Å². The molecule has 0 spiro atoms. The molecule has 0 aromatic heterocycles. The van der Waals surface area contributed by atoms with E-state index in [1.54, 1.807) is 25.1 Å². The van der Waals surface area contributed by atoms with Gasteiger partial charge < -0.3 is 14.8 Å². The van der Waals surface area contributed by atoms with Crippen molar-refractivity contribution in [3.8, 4) is 0 Å². The molecule has 2 aromatic rings. The van der Waals surface area contributed by atoms with Gasteiger partial charge >= 0.3 is 5.97 Å². The number of carbonyl (C=O) groups excluding carboxylic acids is 3. The van der Waals surface area contributed by atoms with Crippen LogP contribution in [-0.4, -0.2) is 63.3 Å². The second-order valence-corrected chi connectivity index (χ2v) is 9.19. The van der Waals surface area contributed by atoms with Gasteiger partial charge in [-0.15, -0.1) is 0 Å². The monoisotopic (exact) mass is 460 g/mol. The number of rotatable bonds is 7. The SMILES string of the molecule is CC(=O)c1cccc(NC(=O)COC(=O)c2cc(S(=O)(=O)N3CCOCC3)ccc2C)c1. The molecule has 9 nitrogen and oxygen atoms in total. The molecule has 1 fully saturated rings. The van der Waals surface area contributed by atoms with Gasteiger partial charge in [-0.2, -0.15) is 4.31 Å². The highest BCUT2D eigenvalue weighted by Crippen LogP contribution is 2.21. The molecule has 0 bridgehead atoms. The van der Waals surface area contributed by atoms with Crippen LogP contribution < -0.4 is 5.32 Å². The fraction of sp³-hybridized carbons (Fsp3) is 0.318. The zero-order valence-corrected chi connectivity index (χ0v) is 18.6. The molecule has 0 unspecified atom stereocenters. The molecule has 10 heteroatoms. The van der Waals surface area contributed by atoms with E-state index < -0.39 is 28.5 Å². The molecule has 0 atom stereocenters. The van der Waals surface area contributed by atoms with Gasteiger partial charge in [0.15, 0.2) is 12.4 Å². The zero-order valence-electron chi connectivity index (χ0n) is 17.8. The number of ketones is 1. The molecule has 170 valence electrons. The maximum atomic E-state index is 12.8. The Hall–Kier alpha value is -3.08. The lowest BCUT2D eigenvalue weighted by atomic mass is 10.1. The zero-order chi connectivity index (χ0) is 23.3. The molecular weight excluding hydrogens is 436 g/mol. The minimum Gasteiger partial charge on any atom is -0.452 e. The Morgan fingerprint density at radius 1 is 1.09 bits per heavy atom. The number of esters is 1. The van der Waals surface area contributed by atoms with Gasteiger partial charge in [0.05, 0.1) is 23.7 Å². The van der Waals surface area contributed by atoms with Crippen LogP contribution in [-0.2, 0) is 24.3 Å². The Labute approximate surface area is 186 Å². The van der Waals surface area contributed by atoms with Gasteiger partial charge in [0, 0.05) is 24.3 Å². The summed E-state index contributed by atoms with van der Waals surface area (Å²) in [7, 11) is -3.78. The summed E-state index contributed by atoms with van der Waals surface area (Å²) in [6.45, 7) is 3.59. The van der Waals surface area contributed by atoms with E-state index in [1.165, 1.54) is 35.5 Å². The topological polar surface area (TPSA) is 119 Å². The highest BCUT2D eigenvalue weighted by atomic mass is 32.2. The summed E-state index contributed by atoms with van der Waals surface area (Å²) in [5.41, 5.74) is 1.42. The summed E-state index contributed by atoms with van der Waals surface area (Å²) in [4.78, 5) is 36.1. The Morgan fingerprint density at radius 2 is 1.81 bits per heavy atom. The van der Waals surface area contributed by atoms with E-state index >= 15 is 0 Å². The van der Waals surface area contributed by atoms with Crippen LogP contribution in [0.3, 0.4) is 0 Å². The molecule has 0 saturated carbocycles. The lowest BCUT2D eigenvalue weighted by molar-refractivity contribution is -0.119. The van der Waals surface area contributed by atoms with E-state index in [2.05, 4.69) is 5.32 Å². The van der Waals surface area contributed by atoms with E-state index in [1.807, 2.05) is 0 Å². The van der Waals surface area contributed by atoms with E-state index in [4.69, 9.17) is 9.47 Å². The second kappa shape index (κ2) is 10.0. The molecule has 32 heavy (non-hydrogen) atoms. The largest absolute Gasteiger partial charge is 0.452 e. The highest BCUT2D eigenvalue weighted by Gasteiger charge is 2.27. The number of hydrogen-bond donors (Lipinski definition) is 1. The molecule has 3 rings (SSSR count). The van der Waals surface area contributed by atoms with Gasteiger partial charge in [-0.25, -0.2) is 13.2 Å². The van der Waals surface area contributed by atoms with E-state index in [9.17, 15) is 22.8 Å². The number of nitrogens with zero attached hydrogens (tertiary/aromatic N) is 1. The Kier molecular flexibility index (Phi) is 7.39. The van der Waals surface area contributed by atoms with Crippen LogP contribution in [0.1, 0.15) is 33.2 Å². The van der Waals surface area contributed by atoms with Gasteiger partial charge in [0.2, 0.25) is 10.0 Å². The van der Waals surface area contributed by atoms with Crippen LogP contribution in [0.5, 0.6) is 0 Å². The number of Topliss-reactive ketones (excluding diaryl/α,β-unsaturated/α-hetero) is 1. The number of benzene rings is 2. The third kappa shape index (κ3) is 5.58. The lowest BCUT2D eigenvalue weighted by Gasteiger charge is -2.26. The summed E-state index contributed by atoms with van der Waals surface area (Å²) in [5, 5.41) is 2.55. The Balaban J connectivity index is 1.67. The maximum Gasteiger partial charge on any atom is 0.338 e. The van der Waals surface area contributed by atoms with E-state index in [-0.39, 0.29) is 29.3 Å². The first-order chi connectivity index (χ1) is 15.2. The molecule has 1 aliphatic rings. The number of amides is 1. The Morgan fingerprint density at radius 3 is 2.50 bits per heavy atom.